The number of nitrogens with two attached hydrogens (primary N) is 1. The van der Waals surface area contributed by atoms with Gasteiger partial charge in [-0.1, -0.05) is 6.07 Å². The summed E-state index contributed by atoms with van der Waals surface area (Å²) >= 11 is 0. The average molecular weight is 351 g/mol. The predicted molar refractivity (Wildman–Crippen MR) is 98.3 cm³/mol. The molecule has 2 aromatic rings. The number of benzene rings is 2. The minimum absolute atomic E-state index is 0. The Hall–Kier alpha value is -2.40. The van der Waals surface area contributed by atoms with Crippen molar-refractivity contribution in [1.82, 2.24) is 5.32 Å². The molecule has 0 saturated heterocycles. The maximum absolute atomic E-state index is 12.3. The fourth-order valence-electron chi connectivity index (χ4n) is 2.50. The molecule has 5 nitrogen and oxygen atoms in total. The Balaban J connectivity index is 0.00000288. The van der Waals surface area contributed by atoms with Gasteiger partial charge in [-0.15, -0.1) is 12.4 Å². The number of aryl methyl sites for hydroxylation is 1. The first kappa shape index (κ1) is 19.6. The zero-order valence-electron chi connectivity index (χ0n) is 14.3. The number of anilines is 1. The number of methoxy groups -OCH3 is 2. The second-order valence-corrected chi connectivity index (χ2v) is 5.38. The summed E-state index contributed by atoms with van der Waals surface area (Å²) < 4.78 is 10.6. The third-order valence-electron chi connectivity index (χ3n) is 3.74. The molecule has 130 valence electrons. The average Bonchev–Trinajstić information content (AvgIpc) is 2.54. The van der Waals surface area contributed by atoms with E-state index in [0.29, 0.717) is 22.7 Å². The maximum Gasteiger partial charge on any atom is 0.251 e. The fraction of sp³-hybridized carbons (Fsp3) is 0.278. The summed E-state index contributed by atoms with van der Waals surface area (Å²) in [6.45, 7) is 3.90. The molecule has 0 spiro atoms. The molecule has 0 fully saturated rings. The van der Waals surface area contributed by atoms with Crippen LogP contribution in [0.2, 0.25) is 0 Å². The number of hydrogen-bond donors (Lipinski definition) is 2. The summed E-state index contributed by atoms with van der Waals surface area (Å²) in [6, 6.07) is 10.5. The molecule has 0 bridgehead atoms. The molecule has 1 unspecified atom stereocenters. The van der Waals surface area contributed by atoms with Crippen molar-refractivity contribution in [3.05, 3.63) is 53.1 Å². The molecule has 0 aromatic heterocycles. The Morgan fingerprint density at radius 1 is 1.12 bits per heavy atom. The number of rotatable bonds is 5. The monoisotopic (exact) mass is 350 g/mol. The van der Waals surface area contributed by atoms with E-state index in [4.69, 9.17) is 15.2 Å². The summed E-state index contributed by atoms with van der Waals surface area (Å²) in [4.78, 5) is 12.3. The van der Waals surface area contributed by atoms with Crippen molar-refractivity contribution in [1.29, 1.82) is 0 Å². The second kappa shape index (κ2) is 8.45. The van der Waals surface area contributed by atoms with Crippen LogP contribution >= 0.6 is 12.4 Å². The number of nitrogens with one attached hydrogen (secondary N) is 1. The van der Waals surface area contributed by atoms with Crippen molar-refractivity contribution in [2.45, 2.75) is 19.9 Å². The third-order valence-corrected chi connectivity index (χ3v) is 3.74. The van der Waals surface area contributed by atoms with Crippen molar-refractivity contribution in [2.75, 3.05) is 20.0 Å². The molecular formula is C18H23ClN2O3. The molecule has 2 aromatic carbocycles. The highest BCUT2D eigenvalue weighted by molar-refractivity contribution is 5.95. The molecule has 6 heteroatoms. The first-order chi connectivity index (χ1) is 11.0. The minimum atomic E-state index is -0.177. The molecule has 0 aliphatic rings. The molecule has 2 rings (SSSR count). The van der Waals surface area contributed by atoms with Crippen molar-refractivity contribution < 1.29 is 14.3 Å². The van der Waals surface area contributed by atoms with Crippen LogP contribution in [0.15, 0.2) is 36.4 Å². The van der Waals surface area contributed by atoms with Gasteiger partial charge in [0.2, 0.25) is 0 Å². The summed E-state index contributed by atoms with van der Waals surface area (Å²) in [7, 11) is 3.19. The highest BCUT2D eigenvalue weighted by Crippen LogP contribution is 2.32. The quantitative estimate of drug-likeness (QED) is 0.809. The number of carbonyl (C=O) groups excluding carboxylic acids is 1. The summed E-state index contributed by atoms with van der Waals surface area (Å²) in [5.74, 6) is 1.14. The van der Waals surface area contributed by atoms with Gasteiger partial charge in [-0.05, 0) is 55.3 Å². The van der Waals surface area contributed by atoms with Gasteiger partial charge in [0.1, 0.15) is 0 Å². The number of carbonyl (C=O) groups is 1. The van der Waals surface area contributed by atoms with Crippen LogP contribution in [0.25, 0.3) is 0 Å². The van der Waals surface area contributed by atoms with Crippen LogP contribution in [0, 0.1) is 6.92 Å². The number of halogens is 1. The Morgan fingerprint density at radius 3 is 2.33 bits per heavy atom. The molecule has 3 N–H and O–H groups in total. The van der Waals surface area contributed by atoms with E-state index in [-0.39, 0.29) is 24.4 Å². The van der Waals surface area contributed by atoms with Gasteiger partial charge in [0.05, 0.1) is 20.3 Å². The maximum atomic E-state index is 12.3. The van der Waals surface area contributed by atoms with Gasteiger partial charge in [0.25, 0.3) is 5.91 Å². The number of amides is 1. The number of nitrogen functional groups attached to an aromatic ring is 1. The zero-order chi connectivity index (χ0) is 17.0. The van der Waals surface area contributed by atoms with Gasteiger partial charge in [0.15, 0.2) is 11.5 Å². The molecule has 0 saturated carbocycles. The zero-order valence-corrected chi connectivity index (χ0v) is 15.1. The summed E-state index contributed by atoms with van der Waals surface area (Å²) in [5.41, 5.74) is 8.81. The van der Waals surface area contributed by atoms with Crippen molar-refractivity contribution in [2.24, 2.45) is 0 Å². The van der Waals surface area contributed by atoms with E-state index in [1.165, 1.54) is 0 Å². The first-order valence-corrected chi connectivity index (χ1v) is 7.35. The lowest BCUT2D eigenvalue weighted by Crippen LogP contribution is -2.27. The predicted octanol–water partition coefficient (Wildman–Crippen LogP) is 3.51. The lowest BCUT2D eigenvalue weighted by atomic mass is 10.0. The van der Waals surface area contributed by atoms with Gasteiger partial charge in [0, 0.05) is 11.3 Å². The molecule has 24 heavy (non-hydrogen) atoms. The van der Waals surface area contributed by atoms with Crippen LogP contribution in [0.4, 0.5) is 5.69 Å². The van der Waals surface area contributed by atoms with E-state index >= 15 is 0 Å². The van der Waals surface area contributed by atoms with Crippen LogP contribution in [-0.2, 0) is 0 Å². The smallest absolute Gasteiger partial charge is 0.251 e. The van der Waals surface area contributed by atoms with Crippen molar-refractivity contribution in [3.8, 4) is 11.5 Å². The first-order valence-electron chi connectivity index (χ1n) is 7.35. The Labute approximate surface area is 148 Å². The Kier molecular flexibility index (Phi) is 6.92. The highest BCUT2D eigenvalue weighted by Gasteiger charge is 2.16. The van der Waals surface area contributed by atoms with Crippen LogP contribution in [0.3, 0.4) is 0 Å². The molecule has 0 heterocycles. The summed E-state index contributed by atoms with van der Waals surface area (Å²) in [6.07, 6.45) is 0. The molecular weight excluding hydrogens is 328 g/mol. The fourth-order valence-corrected chi connectivity index (χ4v) is 2.50. The normalized spacial score (nSPS) is 11.2. The third kappa shape index (κ3) is 4.32. The second-order valence-electron chi connectivity index (χ2n) is 5.38. The molecule has 0 aliphatic carbocycles. The van der Waals surface area contributed by atoms with Gasteiger partial charge in [-0.2, -0.15) is 0 Å². The van der Waals surface area contributed by atoms with E-state index in [0.717, 1.165) is 11.1 Å². The highest BCUT2D eigenvalue weighted by atomic mass is 35.5. The van der Waals surface area contributed by atoms with E-state index in [9.17, 15) is 4.79 Å². The van der Waals surface area contributed by atoms with Gasteiger partial charge in [-0.25, -0.2) is 0 Å². The lowest BCUT2D eigenvalue weighted by Gasteiger charge is -2.19. The van der Waals surface area contributed by atoms with Gasteiger partial charge < -0.3 is 20.5 Å². The van der Waals surface area contributed by atoms with Crippen LogP contribution < -0.4 is 20.5 Å². The SMILES string of the molecule is COc1cc(C)c(C(C)NC(=O)c2cccc(N)c2)cc1OC.Cl. The van der Waals surface area contributed by atoms with Crippen LogP contribution in [-0.4, -0.2) is 20.1 Å². The number of hydrogen-bond acceptors (Lipinski definition) is 4. The van der Waals surface area contributed by atoms with Gasteiger partial charge >= 0.3 is 0 Å². The van der Waals surface area contributed by atoms with E-state index in [2.05, 4.69) is 5.32 Å². The van der Waals surface area contributed by atoms with E-state index < -0.39 is 0 Å². The minimum Gasteiger partial charge on any atom is -0.493 e. The Bertz CT molecular complexity index is 719. The molecule has 0 aliphatic heterocycles. The molecule has 1 atom stereocenters. The van der Waals surface area contributed by atoms with Gasteiger partial charge in [-0.3, -0.25) is 4.79 Å². The molecule has 1 amide bonds. The molecule has 0 radical (unpaired) electrons. The van der Waals surface area contributed by atoms with Crippen LogP contribution in [0.5, 0.6) is 11.5 Å². The lowest BCUT2D eigenvalue weighted by molar-refractivity contribution is 0.0940. The van der Waals surface area contributed by atoms with Crippen LogP contribution in [0.1, 0.15) is 34.5 Å². The van der Waals surface area contributed by atoms with E-state index in [1.807, 2.05) is 26.0 Å². The van der Waals surface area contributed by atoms with Crippen molar-refractivity contribution >= 4 is 24.0 Å². The Morgan fingerprint density at radius 2 is 1.75 bits per heavy atom. The standard InChI is InChI=1S/C18H22N2O3.ClH/c1-11-8-16(22-3)17(23-4)10-15(11)12(2)20-18(21)13-6-5-7-14(19)9-13;/h5-10,12H,19H2,1-4H3,(H,20,21);1H. The largest absolute Gasteiger partial charge is 0.493 e. The topological polar surface area (TPSA) is 73.6 Å². The van der Waals surface area contributed by atoms with Crippen molar-refractivity contribution in [3.63, 3.8) is 0 Å². The number of ether oxygens (including phenoxy) is 2. The van der Waals surface area contributed by atoms with E-state index in [1.54, 1.807) is 38.5 Å². The summed E-state index contributed by atoms with van der Waals surface area (Å²) in [5, 5.41) is 2.98.